The van der Waals surface area contributed by atoms with Crippen molar-refractivity contribution in [2.24, 2.45) is 0 Å². The maximum Gasteiger partial charge on any atom is 0.255 e. The summed E-state index contributed by atoms with van der Waals surface area (Å²) >= 11 is 0. The summed E-state index contributed by atoms with van der Waals surface area (Å²) in [5, 5.41) is 0. The van der Waals surface area contributed by atoms with Crippen molar-refractivity contribution in [3.8, 4) is 17.1 Å². The van der Waals surface area contributed by atoms with E-state index < -0.39 is 0 Å². The third-order valence-electron chi connectivity index (χ3n) is 5.80. The van der Waals surface area contributed by atoms with Crippen LogP contribution in [0.2, 0.25) is 0 Å². The van der Waals surface area contributed by atoms with Crippen LogP contribution in [0.1, 0.15) is 22.5 Å². The molecule has 0 saturated heterocycles. The lowest BCUT2D eigenvalue weighted by Crippen LogP contribution is -2.36. The van der Waals surface area contributed by atoms with Gasteiger partial charge in [-0.05, 0) is 29.8 Å². The standard InChI is InChI=1S/C24H24N6O2/c1-32-20-6-4-17(5-7-20)13-30-9-2-3-19(30)14-29-10-8-22-21(15-29)24(31)28-23(27-22)18-11-25-16-26-12-18/h2-7,9,11-12,16H,8,10,13-15H2,1H3,(H,27,28,31). The number of fused-ring (bicyclic) bond motifs is 1. The fourth-order valence-corrected chi connectivity index (χ4v) is 4.08. The summed E-state index contributed by atoms with van der Waals surface area (Å²) in [7, 11) is 1.67. The van der Waals surface area contributed by atoms with Crippen molar-refractivity contribution in [3.63, 3.8) is 0 Å². The van der Waals surface area contributed by atoms with Crippen LogP contribution in [-0.4, -0.2) is 43.1 Å². The van der Waals surface area contributed by atoms with Crippen molar-refractivity contribution in [1.82, 2.24) is 29.4 Å². The van der Waals surface area contributed by atoms with E-state index in [2.05, 4.69) is 59.9 Å². The Labute approximate surface area is 185 Å². The predicted octanol–water partition coefficient (Wildman–Crippen LogP) is 2.64. The van der Waals surface area contributed by atoms with Gasteiger partial charge in [0.25, 0.3) is 5.56 Å². The van der Waals surface area contributed by atoms with Gasteiger partial charge in [0.15, 0.2) is 0 Å². The predicted molar refractivity (Wildman–Crippen MR) is 120 cm³/mol. The van der Waals surface area contributed by atoms with Crippen molar-refractivity contribution in [2.45, 2.75) is 26.1 Å². The van der Waals surface area contributed by atoms with E-state index >= 15 is 0 Å². The zero-order valence-corrected chi connectivity index (χ0v) is 17.9. The summed E-state index contributed by atoms with van der Waals surface area (Å²) in [5.41, 5.74) is 4.65. The summed E-state index contributed by atoms with van der Waals surface area (Å²) in [6.45, 7) is 3.00. The average Bonchev–Trinajstić information content (AvgIpc) is 3.26. The molecule has 0 spiro atoms. The molecule has 1 aliphatic heterocycles. The number of hydrogen-bond donors (Lipinski definition) is 1. The normalized spacial score (nSPS) is 13.7. The molecule has 0 aliphatic carbocycles. The molecular formula is C24H24N6O2. The van der Waals surface area contributed by atoms with Crippen molar-refractivity contribution >= 4 is 0 Å². The molecule has 0 radical (unpaired) electrons. The minimum absolute atomic E-state index is 0.0906. The van der Waals surface area contributed by atoms with Gasteiger partial charge in [-0.15, -0.1) is 0 Å². The van der Waals surface area contributed by atoms with E-state index in [4.69, 9.17) is 4.74 Å². The number of nitrogens with zero attached hydrogens (tertiary/aromatic N) is 5. The topological polar surface area (TPSA) is 88.9 Å². The monoisotopic (exact) mass is 428 g/mol. The molecule has 0 amide bonds. The second-order valence-corrected chi connectivity index (χ2v) is 7.90. The highest BCUT2D eigenvalue weighted by Gasteiger charge is 2.22. The van der Waals surface area contributed by atoms with Crippen LogP contribution in [0, 0.1) is 0 Å². The Morgan fingerprint density at radius 1 is 1.09 bits per heavy atom. The molecule has 5 rings (SSSR count). The fraction of sp³-hybridized carbons (Fsp3) is 0.250. The highest BCUT2D eigenvalue weighted by molar-refractivity contribution is 5.52. The molecule has 0 saturated carbocycles. The number of rotatable bonds is 6. The molecule has 4 heterocycles. The van der Waals surface area contributed by atoms with Gasteiger partial charge in [0, 0.05) is 56.9 Å². The number of aromatic amines is 1. The number of ether oxygens (including phenoxy) is 1. The first-order chi connectivity index (χ1) is 15.7. The van der Waals surface area contributed by atoms with Gasteiger partial charge >= 0.3 is 0 Å². The smallest absolute Gasteiger partial charge is 0.255 e. The van der Waals surface area contributed by atoms with E-state index in [0.29, 0.717) is 17.9 Å². The molecule has 0 bridgehead atoms. The van der Waals surface area contributed by atoms with Gasteiger partial charge in [-0.25, -0.2) is 15.0 Å². The minimum atomic E-state index is -0.0906. The molecule has 4 aromatic rings. The lowest BCUT2D eigenvalue weighted by Gasteiger charge is -2.28. The van der Waals surface area contributed by atoms with E-state index in [1.165, 1.54) is 17.6 Å². The Bertz CT molecular complexity index is 1260. The molecule has 162 valence electrons. The van der Waals surface area contributed by atoms with Crippen LogP contribution in [0.3, 0.4) is 0 Å². The maximum atomic E-state index is 12.8. The highest BCUT2D eigenvalue weighted by atomic mass is 16.5. The summed E-state index contributed by atoms with van der Waals surface area (Å²) in [4.78, 5) is 30.7. The lowest BCUT2D eigenvalue weighted by molar-refractivity contribution is 0.236. The molecule has 1 aliphatic rings. The molecular weight excluding hydrogens is 404 g/mol. The minimum Gasteiger partial charge on any atom is -0.497 e. The van der Waals surface area contributed by atoms with E-state index in [-0.39, 0.29) is 5.56 Å². The van der Waals surface area contributed by atoms with Crippen LogP contribution in [-0.2, 0) is 26.1 Å². The quantitative estimate of drug-likeness (QED) is 0.508. The summed E-state index contributed by atoms with van der Waals surface area (Å²) in [6, 6.07) is 12.3. The number of aromatic nitrogens is 5. The molecule has 0 atom stereocenters. The molecule has 3 aromatic heterocycles. The summed E-state index contributed by atoms with van der Waals surface area (Å²) < 4.78 is 7.49. The lowest BCUT2D eigenvalue weighted by atomic mass is 10.1. The molecule has 0 fully saturated rings. The van der Waals surface area contributed by atoms with Crippen LogP contribution in [0.4, 0.5) is 0 Å². The summed E-state index contributed by atoms with van der Waals surface area (Å²) in [6.07, 6.45) is 7.61. The Balaban J connectivity index is 1.31. The van der Waals surface area contributed by atoms with Gasteiger partial charge in [-0.3, -0.25) is 9.69 Å². The maximum absolute atomic E-state index is 12.8. The van der Waals surface area contributed by atoms with E-state index in [1.54, 1.807) is 19.5 Å². The number of methoxy groups -OCH3 is 1. The first kappa shape index (κ1) is 20.1. The van der Waals surface area contributed by atoms with E-state index in [1.807, 2.05) is 12.1 Å². The summed E-state index contributed by atoms with van der Waals surface area (Å²) in [5.74, 6) is 1.38. The van der Waals surface area contributed by atoms with Crippen molar-refractivity contribution in [1.29, 1.82) is 0 Å². The van der Waals surface area contributed by atoms with E-state index in [9.17, 15) is 4.79 Å². The van der Waals surface area contributed by atoms with Gasteiger partial charge < -0.3 is 14.3 Å². The van der Waals surface area contributed by atoms with Gasteiger partial charge in [-0.1, -0.05) is 12.1 Å². The van der Waals surface area contributed by atoms with Crippen LogP contribution >= 0.6 is 0 Å². The van der Waals surface area contributed by atoms with Crippen LogP contribution in [0.25, 0.3) is 11.4 Å². The first-order valence-electron chi connectivity index (χ1n) is 10.6. The third kappa shape index (κ3) is 4.17. The fourth-order valence-electron chi connectivity index (χ4n) is 4.08. The second kappa shape index (κ2) is 8.76. The molecule has 1 aromatic carbocycles. The number of benzene rings is 1. The zero-order chi connectivity index (χ0) is 21.9. The van der Waals surface area contributed by atoms with Gasteiger partial charge in [0.2, 0.25) is 0 Å². The Morgan fingerprint density at radius 2 is 1.91 bits per heavy atom. The average molecular weight is 428 g/mol. The van der Waals surface area contributed by atoms with Crippen molar-refractivity contribution in [3.05, 3.63) is 94.2 Å². The van der Waals surface area contributed by atoms with Crippen LogP contribution in [0.15, 0.2) is 66.1 Å². The Morgan fingerprint density at radius 3 is 2.69 bits per heavy atom. The van der Waals surface area contributed by atoms with Crippen LogP contribution in [0.5, 0.6) is 5.75 Å². The number of H-pyrrole nitrogens is 1. The second-order valence-electron chi connectivity index (χ2n) is 7.90. The largest absolute Gasteiger partial charge is 0.497 e. The van der Waals surface area contributed by atoms with Gasteiger partial charge in [0.05, 0.1) is 23.9 Å². The van der Waals surface area contributed by atoms with E-state index in [0.717, 1.165) is 43.1 Å². The SMILES string of the molecule is COc1ccc(Cn2cccc2CN2CCc3nc(-c4cncnc4)[nH]c(=O)c3C2)cc1. The van der Waals surface area contributed by atoms with Gasteiger partial charge in [0.1, 0.15) is 17.9 Å². The third-order valence-corrected chi connectivity index (χ3v) is 5.80. The van der Waals surface area contributed by atoms with Gasteiger partial charge in [-0.2, -0.15) is 0 Å². The molecule has 8 heteroatoms. The van der Waals surface area contributed by atoms with Crippen molar-refractivity contribution in [2.75, 3.05) is 13.7 Å². The highest BCUT2D eigenvalue weighted by Crippen LogP contribution is 2.20. The zero-order valence-electron chi connectivity index (χ0n) is 17.9. The molecule has 1 N–H and O–H groups in total. The number of nitrogens with one attached hydrogen (secondary N) is 1. The van der Waals surface area contributed by atoms with Crippen LogP contribution < -0.4 is 10.3 Å². The Hall–Kier alpha value is -3.78. The first-order valence-corrected chi connectivity index (χ1v) is 10.6. The van der Waals surface area contributed by atoms with Crippen molar-refractivity contribution < 1.29 is 4.74 Å². The molecule has 8 nitrogen and oxygen atoms in total. The molecule has 0 unspecified atom stereocenters. The Kier molecular flexibility index (Phi) is 5.51. The molecule has 32 heavy (non-hydrogen) atoms. The number of hydrogen-bond acceptors (Lipinski definition) is 6.